The van der Waals surface area contributed by atoms with Gasteiger partial charge in [-0.3, -0.25) is 9.78 Å². The number of sulfonamides is 1. The van der Waals surface area contributed by atoms with Gasteiger partial charge in [-0.15, -0.1) is 0 Å². The van der Waals surface area contributed by atoms with Gasteiger partial charge in [0.2, 0.25) is 10.0 Å². The highest BCUT2D eigenvalue weighted by molar-refractivity contribution is 7.89. The highest BCUT2D eigenvalue weighted by atomic mass is 32.2. The maximum absolute atomic E-state index is 12.5. The molecule has 0 unspecified atom stereocenters. The molecule has 0 bridgehead atoms. The van der Waals surface area contributed by atoms with Gasteiger partial charge in [-0.25, -0.2) is 13.1 Å². The largest absolute Gasteiger partial charge is 0.339 e. The molecule has 0 fully saturated rings. The smallest absolute Gasteiger partial charge is 0.253 e. The minimum absolute atomic E-state index is 0.0703. The second kappa shape index (κ2) is 9.45. The maximum atomic E-state index is 12.5. The van der Waals surface area contributed by atoms with Crippen molar-refractivity contribution in [1.82, 2.24) is 14.6 Å². The summed E-state index contributed by atoms with van der Waals surface area (Å²) >= 11 is 0. The van der Waals surface area contributed by atoms with E-state index in [-0.39, 0.29) is 17.3 Å². The number of rotatable bonds is 9. The van der Waals surface area contributed by atoms with Gasteiger partial charge in [0.25, 0.3) is 5.91 Å². The fraction of sp³-hybridized carbons (Fsp3) is 0.368. The predicted octanol–water partition coefficient (Wildman–Crippen LogP) is 2.82. The Labute approximate surface area is 155 Å². The minimum atomic E-state index is -3.66. The molecule has 0 aliphatic heterocycles. The molecule has 0 aliphatic rings. The van der Waals surface area contributed by atoms with E-state index in [0.29, 0.717) is 24.3 Å². The van der Waals surface area contributed by atoms with Gasteiger partial charge in [0.15, 0.2) is 0 Å². The molecule has 0 aliphatic carbocycles. The Balaban J connectivity index is 2.08. The molecule has 26 heavy (non-hydrogen) atoms. The number of nitrogens with one attached hydrogen (secondary N) is 1. The molecule has 0 atom stereocenters. The summed E-state index contributed by atoms with van der Waals surface area (Å²) in [5.41, 5.74) is 1.13. The van der Waals surface area contributed by atoms with Crippen LogP contribution < -0.4 is 4.72 Å². The Hall–Kier alpha value is -2.25. The third-order valence-electron chi connectivity index (χ3n) is 3.86. The van der Waals surface area contributed by atoms with Crippen LogP contribution in [0.4, 0.5) is 0 Å². The second-order valence-electron chi connectivity index (χ2n) is 5.96. The first-order chi connectivity index (χ1) is 12.5. The van der Waals surface area contributed by atoms with E-state index in [1.807, 2.05) is 13.8 Å². The van der Waals surface area contributed by atoms with E-state index in [0.717, 1.165) is 12.8 Å². The van der Waals surface area contributed by atoms with Crippen LogP contribution in [0.15, 0.2) is 53.6 Å². The van der Waals surface area contributed by atoms with Crippen LogP contribution in [0.5, 0.6) is 0 Å². The van der Waals surface area contributed by atoms with Crippen LogP contribution in [-0.4, -0.2) is 37.3 Å². The third-order valence-corrected chi connectivity index (χ3v) is 5.27. The summed E-state index contributed by atoms with van der Waals surface area (Å²) < 4.78 is 27.3. The lowest BCUT2D eigenvalue weighted by molar-refractivity contribution is 0.0755. The lowest BCUT2D eigenvalue weighted by Gasteiger charge is -2.21. The molecule has 140 valence electrons. The van der Waals surface area contributed by atoms with Crippen molar-refractivity contribution in [2.24, 2.45) is 0 Å². The fourth-order valence-corrected chi connectivity index (χ4v) is 3.57. The number of nitrogens with zero attached hydrogens (tertiary/aromatic N) is 2. The fourth-order valence-electron chi connectivity index (χ4n) is 2.57. The van der Waals surface area contributed by atoms with E-state index in [1.165, 1.54) is 12.1 Å². The number of carbonyl (C=O) groups is 1. The Bertz CT molecular complexity index is 800. The van der Waals surface area contributed by atoms with Crippen LogP contribution >= 0.6 is 0 Å². The molecule has 7 heteroatoms. The van der Waals surface area contributed by atoms with Gasteiger partial charge >= 0.3 is 0 Å². The number of benzene rings is 1. The second-order valence-corrected chi connectivity index (χ2v) is 7.73. The Morgan fingerprint density at radius 3 is 2.23 bits per heavy atom. The highest BCUT2D eigenvalue weighted by Gasteiger charge is 2.17. The van der Waals surface area contributed by atoms with E-state index in [1.54, 1.807) is 41.4 Å². The molecule has 1 aromatic carbocycles. The van der Waals surface area contributed by atoms with Gasteiger partial charge in [0, 0.05) is 24.8 Å². The van der Waals surface area contributed by atoms with E-state index < -0.39 is 10.0 Å². The van der Waals surface area contributed by atoms with Crippen LogP contribution in [-0.2, 0) is 16.6 Å². The zero-order valence-electron chi connectivity index (χ0n) is 15.2. The summed E-state index contributed by atoms with van der Waals surface area (Å²) in [5.74, 6) is -0.0703. The molecular weight excluding hydrogens is 350 g/mol. The van der Waals surface area contributed by atoms with Gasteiger partial charge < -0.3 is 4.90 Å². The standard InChI is InChI=1S/C19H25N3O3S/c1-3-13-22(14-4-2)19(23)16-8-10-18(11-9-16)26(24,25)21-15-17-7-5-6-12-20-17/h5-12,21H,3-4,13-15H2,1-2H3. The number of pyridine rings is 1. The molecule has 0 spiro atoms. The first-order valence-electron chi connectivity index (χ1n) is 8.76. The third kappa shape index (κ3) is 5.37. The van der Waals surface area contributed by atoms with Crippen molar-refractivity contribution in [3.63, 3.8) is 0 Å². The lowest BCUT2D eigenvalue weighted by Crippen LogP contribution is -2.32. The maximum Gasteiger partial charge on any atom is 0.253 e. The Morgan fingerprint density at radius 2 is 1.69 bits per heavy atom. The Kier molecular flexibility index (Phi) is 7.29. The summed E-state index contributed by atoms with van der Waals surface area (Å²) in [6.45, 7) is 5.55. The van der Waals surface area contributed by atoms with Crippen molar-refractivity contribution in [2.75, 3.05) is 13.1 Å². The van der Waals surface area contributed by atoms with Crippen LogP contribution in [0, 0.1) is 0 Å². The molecule has 1 heterocycles. The summed E-state index contributed by atoms with van der Waals surface area (Å²) in [6, 6.07) is 11.4. The quantitative estimate of drug-likeness (QED) is 0.731. The van der Waals surface area contributed by atoms with Crippen LogP contribution in [0.2, 0.25) is 0 Å². The molecule has 0 radical (unpaired) electrons. The normalized spacial score (nSPS) is 11.3. The first kappa shape index (κ1) is 20.1. The lowest BCUT2D eigenvalue weighted by atomic mass is 10.2. The van der Waals surface area contributed by atoms with Crippen molar-refractivity contribution in [1.29, 1.82) is 0 Å². The topological polar surface area (TPSA) is 79.4 Å². The van der Waals surface area contributed by atoms with Crippen LogP contribution in [0.1, 0.15) is 42.7 Å². The van der Waals surface area contributed by atoms with E-state index >= 15 is 0 Å². The van der Waals surface area contributed by atoms with E-state index in [4.69, 9.17) is 0 Å². The molecular formula is C19H25N3O3S. The van der Waals surface area contributed by atoms with Crippen molar-refractivity contribution in [3.8, 4) is 0 Å². The zero-order valence-corrected chi connectivity index (χ0v) is 16.0. The number of aromatic nitrogens is 1. The van der Waals surface area contributed by atoms with Crippen molar-refractivity contribution in [2.45, 2.75) is 38.1 Å². The molecule has 0 saturated heterocycles. The van der Waals surface area contributed by atoms with Gasteiger partial charge in [0.1, 0.15) is 0 Å². The summed E-state index contributed by atoms with van der Waals surface area (Å²) in [4.78, 5) is 18.6. The van der Waals surface area contributed by atoms with Gasteiger partial charge in [-0.1, -0.05) is 19.9 Å². The van der Waals surface area contributed by atoms with Crippen molar-refractivity contribution in [3.05, 3.63) is 59.9 Å². The highest BCUT2D eigenvalue weighted by Crippen LogP contribution is 2.13. The molecule has 1 amide bonds. The SMILES string of the molecule is CCCN(CCC)C(=O)c1ccc(S(=O)(=O)NCc2ccccn2)cc1. The number of carbonyl (C=O) groups excluding carboxylic acids is 1. The minimum Gasteiger partial charge on any atom is -0.339 e. The average molecular weight is 375 g/mol. The van der Waals surface area contributed by atoms with Crippen LogP contribution in [0.3, 0.4) is 0 Å². The van der Waals surface area contributed by atoms with Gasteiger partial charge in [0.05, 0.1) is 17.1 Å². The monoisotopic (exact) mass is 375 g/mol. The van der Waals surface area contributed by atoms with Crippen molar-refractivity contribution >= 4 is 15.9 Å². The summed E-state index contributed by atoms with van der Waals surface area (Å²) in [7, 11) is -3.66. The number of amides is 1. The van der Waals surface area contributed by atoms with E-state index in [2.05, 4.69) is 9.71 Å². The van der Waals surface area contributed by atoms with Gasteiger partial charge in [-0.05, 0) is 49.2 Å². The summed E-state index contributed by atoms with van der Waals surface area (Å²) in [6.07, 6.45) is 3.38. The van der Waals surface area contributed by atoms with Gasteiger partial charge in [-0.2, -0.15) is 0 Å². The molecule has 1 aromatic heterocycles. The average Bonchev–Trinajstić information content (AvgIpc) is 2.67. The molecule has 0 saturated carbocycles. The predicted molar refractivity (Wildman–Crippen MR) is 101 cm³/mol. The Morgan fingerprint density at radius 1 is 1.04 bits per heavy atom. The zero-order chi connectivity index (χ0) is 19.0. The van der Waals surface area contributed by atoms with Crippen LogP contribution in [0.25, 0.3) is 0 Å². The number of hydrogen-bond donors (Lipinski definition) is 1. The molecule has 1 N–H and O–H groups in total. The number of hydrogen-bond acceptors (Lipinski definition) is 4. The first-order valence-corrected chi connectivity index (χ1v) is 10.2. The molecule has 2 rings (SSSR count). The molecule has 6 nitrogen and oxygen atoms in total. The molecule has 2 aromatic rings. The van der Waals surface area contributed by atoms with E-state index in [9.17, 15) is 13.2 Å². The van der Waals surface area contributed by atoms with Crippen molar-refractivity contribution < 1.29 is 13.2 Å². The summed E-state index contributed by atoms with van der Waals surface area (Å²) in [5, 5.41) is 0.